The fourth-order valence-electron chi connectivity index (χ4n) is 3.27. The molecule has 0 aliphatic carbocycles. The first-order valence-corrected chi connectivity index (χ1v) is 10.5. The largest absolute Gasteiger partial charge is 0.487 e. The van der Waals surface area contributed by atoms with Crippen LogP contribution >= 0.6 is 23.2 Å². The molecule has 0 aromatic heterocycles. The van der Waals surface area contributed by atoms with Gasteiger partial charge in [-0.05, 0) is 36.8 Å². The van der Waals surface area contributed by atoms with Crippen LogP contribution in [0.1, 0.15) is 24.1 Å². The van der Waals surface area contributed by atoms with Crippen molar-refractivity contribution >= 4 is 35.2 Å². The van der Waals surface area contributed by atoms with Crippen molar-refractivity contribution in [2.24, 2.45) is 0 Å². The summed E-state index contributed by atoms with van der Waals surface area (Å²) in [6.07, 6.45) is -4.55. The second-order valence-corrected chi connectivity index (χ2v) is 7.76. The van der Waals surface area contributed by atoms with Gasteiger partial charge >= 0.3 is 18.2 Å². The number of carbonyl (C=O) groups excluding carboxylic acids is 2. The van der Waals surface area contributed by atoms with E-state index in [-0.39, 0.29) is 40.3 Å². The minimum atomic E-state index is -4.55. The zero-order valence-electron chi connectivity index (χ0n) is 17.5. The highest BCUT2D eigenvalue weighted by molar-refractivity contribution is 6.42. The number of hydrogen-bond donors (Lipinski definition) is 1. The van der Waals surface area contributed by atoms with Gasteiger partial charge in [-0.25, -0.2) is 9.59 Å². The number of carbonyl (C=O) groups is 2. The molecule has 1 aliphatic rings. The summed E-state index contributed by atoms with van der Waals surface area (Å²) in [7, 11) is 1.40. The molecule has 2 aromatic rings. The molecule has 6 nitrogen and oxygen atoms in total. The van der Waals surface area contributed by atoms with Gasteiger partial charge in [0.15, 0.2) is 0 Å². The molecule has 176 valence electrons. The molecule has 0 radical (unpaired) electrons. The predicted octanol–water partition coefficient (Wildman–Crippen LogP) is 5.60. The van der Waals surface area contributed by atoms with Crippen molar-refractivity contribution < 1.29 is 32.2 Å². The van der Waals surface area contributed by atoms with Crippen molar-refractivity contribution in [3.05, 3.63) is 74.9 Å². The Morgan fingerprint density at radius 2 is 1.88 bits per heavy atom. The Morgan fingerprint density at radius 1 is 1.18 bits per heavy atom. The molecule has 3 rings (SSSR count). The van der Waals surface area contributed by atoms with E-state index in [9.17, 15) is 22.8 Å². The number of nitrogens with one attached hydrogen (secondary N) is 1. The second-order valence-electron chi connectivity index (χ2n) is 6.98. The molecule has 0 spiro atoms. The number of halogens is 5. The molecule has 0 fully saturated rings. The normalized spacial score (nSPS) is 16.5. The van der Waals surface area contributed by atoms with Crippen LogP contribution in [0, 0.1) is 0 Å². The first-order chi connectivity index (χ1) is 15.5. The molecular formula is C22H19Cl2F3N2O4. The van der Waals surface area contributed by atoms with Gasteiger partial charge in [-0.15, -0.1) is 0 Å². The number of esters is 1. The third-order valence-electron chi connectivity index (χ3n) is 4.90. The van der Waals surface area contributed by atoms with E-state index in [0.29, 0.717) is 5.56 Å². The Labute approximate surface area is 197 Å². The number of amides is 2. The molecule has 0 saturated carbocycles. The predicted molar refractivity (Wildman–Crippen MR) is 116 cm³/mol. The third kappa shape index (κ3) is 5.36. The molecule has 1 heterocycles. The van der Waals surface area contributed by atoms with E-state index in [0.717, 1.165) is 17.0 Å². The summed E-state index contributed by atoms with van der Waals surface area (Å²) in [5, 5.41) is 3.03. The van der Waals surface area contributed by atoms with Gasteiger partial charge in [0, 0.05) is 7.05 Å². The van der Waals surface area contributed by atoms with Crippen LogP contribution < -0.4 is 10.1 Å². The summed E-state index contributed by atoms with van der Waals surface area (Å²) in [4.78, 5) is 26.7. The SMILES string of the molecule is CCOC(=O)C1=C(COc2cccc(C(F)(F)F)c2)N(C)C(=O)N[C@@H]1c1cccc(Cl)c1Cl. The Balaban J connectivity index is 2.06. The van der Waals surface area contributed by atoms with Gasteiger partial charge in [0.25, 0.3) is 0 Å². The molecule has 0 bridgehead atoms. The number of rotatable bonds is 6. The Kier molecular flexibility index (Phi) is 7.44. The van der Waals surface area contributed by atoms with Gasteiger partial charge in [-0.1, -0.05) is 41.4 Å². The Hall–Kier alpha value is -2.91. The van der Waals surface area contributed by atoms with Gasteiger partial charge in [-0.2, -0.15) is 13.2 Å². The molecule has 0 unspecified atom stereocenters. The molecule has 2 amide bonds. The van der Waals surface area contributed by atoms with E-state index < -0.39 is 29.8 Å². The lowest BCUT2D eigenvalue weighted by molar-refractivity contribution is -0.139. The average Bonchev–Trinajstić information content (AvgIpc) is 2.76. The van der Waals surface area contributed by atoms with Crippen LogP contribution in [0.3, 0.4) is 0 Å². The number of benzene rings is 2. The fraction of sp³-hybridized carbons (Fsp3) is 0.273. The second kappa shape index (κ2) is 9.93. The van der Waals surface area contributed by atoms with Gasteiger partial charge in [0.2, 0.25) is 0 Å². The highest BCUT2D eigenvalue weighted by Gasteiger charge is 2.38. The molecule has 11 heteroatoms. The number of hydrogen-bond acceptors (Lipinski definition) is 4. The van der Waals surface area contributed by atoms with Crippen molar-refractivity contribution in [1.29, 1.82) is 0 Å². The summed E-state index contributed by atoms with van der Waals surface area (Å²) in [5.41, 5.74) is -0.408. The van der Waals surface area contributed by atoms with E-state index in [4.69, 9.17) is 32.7 Å². The summed E-state index contributed by atoms with van der Waals surface area (Å²) in [6.45, 7) is 1.29. The first-order valence-electron chi connectivity index (χ1n) is 9.73. The molecule has 0 saturated heterocycles. The standard InChI is InChI=1S/C22H19Cl2F3N2O4/c1-3-32-20(30)17-16(11-33-13-7-4-6-12(10-13)22(25,26)27)29(2)21(31)28-19(17)14-8-5-9-15(23)18(14)24/h4-10,19H,3,11H2,1-2H3,(H,28,31)/t19-/m1/s1. The summed E-state index contributed by atoms with van der Waals surface area (Å²) in [5.74, 6) is -0.828. The molecule has 2 aromatic carbocycles. The lowest BCUT2D eigenvalue weighted by Gasteiger charge is -2.34. The highest BCUT2D eigenvalue weighted by Crippen LogP contribution is 2.38. The van der Waals surface area contributed by atoms with Crippen LogP contribution in [-0.2, 0) is 15.7 Å². The number of ether oxygens (including phenoxy) is 2. The van der Waals surface area contributed by atoms with E-state index in [1.165, 1.54) is 19.2 Å². The Morgan fingerprint density at radius 3 is 2.55 bits per heavy atom. The fourth-order valence-corrected chi connectivity index (χ4v) is 3.69. The van der Waals surface area contributed by atoms with Crippen molar-refractivity contribution in [1.82, 2.24) is 10.2 Å². The lowest BCUT2D eigenvalue weighted by Crippen LogP contribution is -2.48. The van der Waals surface area contributed by atoms with Gasteiger partial charge in [-0.3, -0.25) is 4.90 Å². The monoisotopic (exact) mass is 502 g/mol. The van der Waals surface area contributed by atoms with Crippen LogP contribution in [-0.4, -0.2) is 37.2 Å². The minimum absolute atomic E-state index is 0.0232. The topological polar surface area (TPSA) is 67.9 Å². The van der Waals surface area contributed by atoms with Crippen LogP contribution in [0.2, 0.25) is 10.0 Å². The first kappa shape index (κ1) is 24.7. The van der Waals surface area contributed by atoms with Gasteiger partial charge in [0.05, 0.1) is 39.5 Å². The minimum Gasteiger partial charge on any atom is -0.487 e. The van der Waals surface area contributed by atoms with Crippen molar-refractivity contribution in [3.8, 4) is 5.75 Å². The quantitative estimate of drug-likeness (QED) is 0.521. The highest BCUT2D eigenvalue weighted by atomic mass is 35.5. The maximum absolute atomic E-state index is 13.0. The van der Waals surface area contributed by atoms with E-state index in [2.05, 4.69) is 5.32 Å². The molecule has 1 aliphatic heterocycles. The van der Waals surface area contributed by atoms with Crippen LogP contribution in [0.4, 0.5) is 18.0 Å². The van der Waals surface area contributed by atoms with Gasteiger partial charge in [0.1, 0.15) is 12.4 Å². The third-order valence-corrected chi connectivity index (χ3v) is 5.74. The number of nitrogens with zero attached hydrogens (tertiary/aromatic N) is 1. The van der Waals surface area contributed by atoms with E-state index in [1.807, 2.05) is 0 Å². The number of urea groups is 1. The van der Waals surface area contributed by atoms with Crippen LogP contribution in [0.25, 0.3) is 0 Å². The van der Waals surface area contributed by atoms with Gasteiger partial charge < -0.3 is 14.8 Å². The molecule has 1 atom stereocenters. The average molecular weight is 503 g/mol. The summed E-state index contributed by atoms with van der Waals surface area (Å²) in [6, 6.07) is 7.44. The summed E-state index contributed by atoms with van der Waals surface area (Å²) >= 11 is 12.4. The van der Waals surface area contributed by atoms with Crippen LogP contribution in [0.5, 0.6) is 5.75 Å². The molecular weight excluding hydrogens is 484 g/mol. The van der Waals surface area contributed by atoms with Crippen LogP contribution in [0.15, 0.2) is 53.7 Å². The zero-order valence-corrected chi connectivity index (χ0v) is 19.0. The number of alkyl halides is 3. The maximum atomic E-state index is 13.0. The van der Waals surface area contributed by atoms with E-state index >= 15 is 0 Å². The lowest BCUT2D eigenvalue weighted by atomic mass is 9.94. The maximum Gasteiger partial charge on any atom is 0.416 e. The zero-order chi connectivity index (χ0) is 24.3. The van der Waals surface area contributed by atoms with Crippen molar-refractivity contribution in [2.45, 2.75) is 19.1 Å². The summed E-state index contributed by atoms with van der Waals surface area (Å²) < 4.78 is 49.8. The molecule has 1 N–H and O–H groups in total. The Bertz CT molecular complexity index is 1110. The number of likely N-dealkylation sites (N-methyl/N-ethyl adjacent to an activating group) is 1. The van der Waals surface area contributed by atoms with Crippen molar-refractivity contribution in [2.75, 3.05) is 20.3 Å². The molecule has 33 heavy (non-hydrogen) atoms. The van der Waals surface area contributed by atoms with E-state index in [1.54, 1.807) is 25.1 Å². The smallest absolute Gasteiger partial charge is 0.416 e. The van der Waals surface area contributed by atoms with Crippen molar-refractivity contribution in [3.63, 3.8) is 0 Å².